The van der Waals surface area contributed by atoms with Crippen molar-refractivity contribution >= 4 is 5.97 Å². The van der Waals surface area contributed by atoms with E-state index in [9.17, 15) is 4.79 Å². The number of carbonyl (C=O) groups excluding carboxylic acids is 1. The first-order valence-electron chi connectivity index (χ1n) is 10.1. The molecule has 0 spiro atoms. The third-order valence-electron chi connectivity index (χ3n) is 6.13. The Morgan fingerprint density at radius 2 is 1.57 bits per heavy atom. The van der Waals surface area contributed by atoms with Crippen molar-refractivity contribution in [3.05, 3.63) is 12.2 Å². The molecule has 0 aliphatic heterocycles. The van der Waals surface area contributed by atoms with Crippen molar-refractivity contribution in [3.8, 4) is 0 Å². The molecule has 2 aliphatic carbocycles. The summed E-state index contributed by atoms with van der Waals surface area (Å²) in [5, 5.41) is 0. The number of allylic oxidation sites excluding steroid dienone is 1. The third kappa shape index (κ3) is 6.31. The van der Waals surface area contributed by atoms with Gasteiger partial charge >= 0.3 is 5.97 Å². The molecule has 2 aliphatic rings. The van der Waals surface area contributed by atoms with Gasteiger partial charge in [0.2, 0.25) is 0 Å². The average molecular weight is 321 g/mol. The maximum atomic E-state index is 11.4. The molecule has 2 fully saturated rings. The summed E-state index contributed by atoms with van der Waals surface area (Å²) < 4.78 is 4.96. The molecule has 2 nitrogen and oxygen atoms in total. The van der Waals surface area contributed by atoms with Crippen molar-refractivity contribution in [1.29, 1.82) is 0 Å². The van der Waals surface area contributed by atoms with E-state index in [1.54, 1.807) is 6.08 Å². The maximum Gasteiger partial charge on any atom is 0.330 e. The SMILES string of the molecule is CCCC[C@H]1CC[C@H](C2CCC(/C=C/C(=O)OCC)CC2)CC1. The van der Waals surface area contributed by atoms with E-state index >= 15 is 0 Å². The largest absolute Gasteiger partial charge is 0.463 e. The van der Waals surface area contributed by atoms with Gasteiger partial charge in [-0.15, -0.1) is 0 Å². The van der Waals surface area contributed by atoms with Crippen LogP contribution in [-0.4, -0.2) is 12.6 Å². The smallest absolute Gasteiger partial charge is 0.330 e. The minimum Gasteiger partial charge on any atom is -0.463 e. The van der Waals surface area contributed by atoms with E-state index in [2.05, 4.69) is 13.0 Å². The van der Waals surface area contributed by atoms with Crippen LogP contribution in [0.5, 0.6) is 0 Å². The standard InChI is InChI=1S/C21H36O2/c1-3-5-6-17-7-12-19(13-8-17)20-14-9-18(10-15-20)11-16-21(22)23-4-2/h11,16-20H,3-10,12-15H2,1-2H3/b16-11+/t17-,18?,19-,20?. The van der Waals surface area contributed by atoms with Crippen molar-refractivity contribution in [2.45, 2.75) is 84.5 Å². The molecule has 0 amide bonds. The second-order valence-corrected chi connectivity index (χ2v) is 7.71. The summed E-state index contributed by atoms with van der Waals surface area (Å²) in [7, 11) is 0. The van der Waals surface area contributed by atoms with E-state index in [-0.39, 0.29) is 5.97 Å². The molecule has 0 aromatic rings. The first-order valence-corrected chi connectivity index (χ1v) is 10.1. The summed E-state index contributed by atoms with van der Waals surface area (Å²) in [5.41, 5.74) is 0. The minimum absolute atomic E-state index is 0.181. The number of ether oxygens (including phenoxy) is 1. The number of rotatable bonds is 7. The Bertz CT molecular complexity index is 358. The normalized spacial score (nSPS) is 32.1. The highest BCUT2D eigenvalue weighted by molar-refractivity contribution is 5.81. The summed E-state index contributed by atoms with van der Waals surface area (Å²) in [6.07, 6.45) is 19.1. The van der Waals surface area contributed by atoms with E-state index in [4.69, 9.17) is 4.74 Å². The van der Waals surface area contributed by atoms with Gasteiger partial charge in [-0.1, -0.05) is 45.1 Å². The van der Waals surface area contributed by atoms with Gasteiger partial charge in [-0.05, 0) is 69.1 Å². The van der Waals surface area contributed by atoms with Gasteiger partial charge in [-0.2, -0.15) is 0 Å². The lowest BCUT2D eigenvalue weighted by atomic mass is 9.68. The van der Waals surface area contributed by atoms with Crippen molar-refractivity contribution in [2.24, 2.45) is 23.7 Å². The van der Waals surface area contributed by atoms with Crippen LogP contribution >= 0.6 is 0 Å². The van der Waals surface area contributed by atoms with Crippen molar-refractivity contribution < 1.29 is 9.53 Å². The molecule has 0 bridgehead atoms. The third-order valence-corrected chi connectivity index (χ3v) is 6.13. The summed E-state index contributed by atoms with van der Waals surface area (Å²) >= 11 is 0. The van der Waals surface area contributed by atoms with Gasteiger partial charge in [-0.25, -0.2) is 4.79 Å². The van der Waals surface area contributed by atoms with Gasteiger partial charge in [0.1, 0.15) is 0 Å². The molecule has 0 unspecified atom stereocenters. The van der Waals surface area contributed by atoms with Crippen LogP contribution in [0.15, 0.2) is 12.2 Å². The van der Waals surface area contributed by atoms with Crippen LogP contribution in [0.3, 0.4) is 0 Å². The molecule has 2 rings (SSSR count). The fourth-order valence-electron chi connectivity index (χ4n) is 4.65. The molecule has 2 heteroatoms. The van der Waals surface area contributed by atoms with Crippen LogP contribution in [0.1, 0.15) is 84.5 Å². The highest BCUT2D eigenvalue weighted by atomic mass is 16.5. The second kappa shape index (κ2) is 10.2. The quantitative estimate of drug-likeness (QED) is 0.430. The first kappa shape index (κ1) is 18.5. The Labute approximate surface area is 143 Å². The zero-order valence-electron chi connectivity index (χ0n) is 15.3. The van der Waals surface area contributed by atoms with Crippen LogP contribution < -0.4 is 0 Å². The van der Waals surface area contributed by atoms with Crippen LogP contribution in [0.25, 0.3) is 0 Å². The van der Waals surface area contributed by atoms with Crippen LogP contribution in [0, 0.1) is 23.7 Å². The first-order chi connectivity index (χ1) is 11.2. The predicted octanol–water partition coefficient (Wildman–Crippen LogP) is 5.91. The summed E-state index contributed by atoms with van der Waals surface area (Å²) in [4.78, 5) is 11.4. The van der Waals surface area contributed by atoms with Gasteiger partial charge in [0.05, 0.1) is 6.61 Å². The van der Waals surface area contributed by atoms with E-state index in [0.29, 0.717) is 12.5 Å². The lowest BCUT2D eigenvalue weighted by Crippen LogP contribution is -2.25. The fraction of sp³-hybridized carbons (Fsp3) is 0.857. The lowest BCUT2D eigenvalue weighted by molar-refractivity contribution is -0.137. The summed E-state index contributed by atoms with van der Waals surface area (Å²) in [6, 6.07) is 0. The Balaban J connectivity index is 1.66. The fourth-order valence-corrected chi connectivity index (χ4v) is 4.65. The highest BCUT2D eigenvalue weighted by Crippen LogP contribution is 2.42. The zero-order valence-corrected chi connectivity index (χ0v) is 15.3. The van der Waals surface area contributed by atoms with Crippen molar-refractivity contribution in [3.63, 3.8) is 0 Å². The molecule has 0 aromatic heterocycles. The van der Waals surface area contributed by atoms with Crippen LogP contribution in [0.2, 0.25) is 0 Å². The Kier molecular flexibility index (Phi) is 8.19. The number of carbonyl (C=O) groups is 1. The zero-order chi connectivity index (χ0) is 16.5. The van der Waals surface area contributed by atoms with Gasteiger partial charge < -0.3 is 4.74 Å². The molecule has 0 atom stereocenters. The minimum atomic E-state index is -0.181. The number of hydrogen-bond acceptors (Lipinski definition) is 2. The van der Waals surface area contributed by atoms with E-state index in [0.717, 1.165) is 17.8 Å². The molecule has 0 N–H and O–H groups in total. The topological polar surface area (TPSA) is 26.3 Å². The Hall–Kier alpha value is -0.790. The summed E-state index contributed by atoms with van der Waals surface area (Å²) in [5.74, 6) is 3.38. The molecule has 0 saturated heterocycles. The predicted molar refractivity (Wildman–Crippen MR) is 96.2 cm³/mol. The molecular weight excluding hydrogens is 284 g/mol. The monoisotopic (exact) mass is 320 g/mol. The number of esters is 1. The van der Waals surface area contributed by atoms with E-state index in [1.165, 1.54) is 70.6 Å². The maximum absolute atomic E-state index is 11.4. The molecule has 2 saturated carbocycles. The van der Waals surface area contributed by atoms with Crippen LogP contribution in [0.4, 0.5) is 0 Å². The molecule has 0 aromatic carbocycles. The van der Waals surface area contributed by atoms with E-state index < -0.39 is 0 Å². The molecule has 132 valence electrons. The molecule has 0 radical (unpaired) electrons. The highest BCUT2D eigenvalue weighted by Gasteiger charge is 2.30. The van der Waals surface area contributed by atoms with Gasteiger partial charge in [0, 0.05) is 6.08 Å². The molecular formula is C21H36O2. The Morgan fingerprint density at radius 3 is 2.13 bits per heavy atom. The summed E-state index contributed by atoms with van der Waals surface area (Å²) in [6.45, 7) is 4.63. The van der Waals surface area contributed by atoms with Gasteiger partial charge in [0.15, 0.2) is 0 Å². The van der Waals surface area contributed by atoms with E-state index in [1.807, 2.05) is 6.92 Å². The second-order valence-electron chi connectivity index (χ2n) is 7.71. The van der Waals surface area contributed by atoms with Gasteiger partial charge in [0.25, 0.3) is 0 Å². The number of hydrogen-bond donors (Lipinski definition) is 0. The average Bonchev–Trinajstić information content (AvgIpc) is 2.59. The van der Waals surface area contributed by atoms with Crippen molar-refractivity contribution in [1.82, 2.24) is 0 Å². The molecule has 0 heterocycles. The van der Waals surface area contributed by atoms with Crippen LogP contribution in [-0.2, 0) is 9.53 Å². The lowest BCUT2D eigenvalue weighted by Gasteiger charge is -2.37. The van der Waals surface area contributed by atoms with Crippen molar-refractivity contribution in [2.75, 3.05) is 6.61 Å². The number of unbranched alkanes of at least 4 members (excludes halogenated alkanes) is 1. The van der Waals surface area contributed by atoms with Gasteiger partial charge in [-0.3, -0.25) is 0 Å². The molecule has 23 heavy (non-hydrogen) atoms. The Morgan fingerprint density at radius 1 is 0.957 bits per heavy atom.